The van der Waals surface area contributed by atoms with Gasteiger partial charge in [-0.3, -0.25) is 9.59 Å². The van der Waals surface area contributed by atoms with E-state index < -0.39 is 23.8 Å². The first kappa shape index (κ1) is 31.2. The number of rotatable bonds is 11. The van der Waals surface area contributed by atoms with E-state index in [4.69, 9.17) is 4.74 Å². The Bertz CT molecular complexity index is 1060. The Morgan fingerprint density at radius 3 is 2.13 bits per heavy atom. The van der Waals surface area contributed by atoms with Crippen molar-refractivity contribution >= 4 is 35.4 Å². The zero-order chi connectivity index (χ0) is 28.5. The van der Waals surface area contributed by atoms with Crippen LogP contribution in [0.4, 0.5) is 10.5 Å². The minimum absolute atomic E-state index is 0.270. The molecule has 0 spiro atoms. The zero-order valence-corrected chi connectivity index (χ0v) is 24.8. The molecule has 2 N–H and O–H groups in total. The van der Waals surface area contributed by atoms with E-state index in [2.05, 4.69) is 10.6 Å². The van der Waals surface area contributed by atoms with E-state index in [9.17, 15) is 14.4 Å². The number of carbonyl (C=O) groups is 3. The van der Waals surface area contributed by atoms with Crippen molar-refractivity contribution in [2.45, 2.75) is 85.0 Å². The van der Waals surface area contributed by atoms with Crippen LogP contribution in [-0.4, -0.2) is 52.5 Å². The van der Waals surface area contributed by atoms with Crippen LogP contribution in [0.5, 0.6) is 0 Å². The topological polar surface area (TPSA) is 87.7 Å². The average molecular weight is 542 g/mol. The summed E-state index contributed by atoms with van der Waals surface area (Å²) in [4.78, 5) is 42.6. The zero-order valence-electron chi connectivity index (χ0n) is 24.0. The minimum Gasteiger partial charge on any atom is -0.444 e. The van der Waals surface area contributed by atoms with E-state index in [1.807, 2.05) is 82.5 Å². The highest BCUT2D eigenvalue weighted by atomic mass is 32.2. The Kier molecular flexibility index (Phi) is 11.7. The predicted molar refractivity (Wildman–Crippen MR) is 156 cm³/mol. The molecule has 0 saturated heterocycles. The number of hydrogen-bond donors (Lipinski definition) is 2. The molecule has 0 aliphatic rings. The van der Waals surface area contributed by atoms with Gasteiger partial charge in [0.1, 0.15) is 17.7 Å². The molecule has 0 radical (unpaired) electrons. The molecule has 0 heterocycles. The fourth-order valence-corrected chi connectivity index (χ4v) is 4.67. The van der Waals surface area contributed by atoms with Gasteiger partial charge in [0.25, 0.3) is 5.91 Å². The van der Waals surface area contributed by atoms with Gasteiger partial charge < -0.3 is 20.3 Å². The van der Waals surface area contributed by atoms with Gasteiger partial charge in [-0.25, -0.2) is 4.79 Å². The number of anilines is 1. The lowest BCUT2D eigenvalue weighted by molar-refractivity contribution is -0.143. The maximum atomic E-state index is 14.2. The lowest BCUT2D eigenvalue weighted by Gasteiger charge is -2.38. The molecule has 8 heteroatoms. The van der Waals surface area contributed by atoms with Gasteiger partial charge in [-0.1, -0.05) is 55.5 Å². The second-order valence-electron chi connectivity index (χ2n) is 10.6. The third-order valence-electron chi connectivity index (χ3n) is 6.29. The molecule has 0 aromatic heterocycles. The number of alkyl carbamates (subject to hydrolysis) is 1. The molecule has 0 saturated carbocycles. The molecule has 38 heavy (non-hydrogen) atoms. The number of nitrogens with zero attached hydrogens (tertiary/aromatic N) is 1. The van der Waals surface area contributed by atoms with Crippen molar-refractivity contribution in [3.8, 4) is 0 Å². The molecular weight excluding hydrogens is 498 g/mol. The van der Waals surface area contributed by atoms with Crippen molar-refractivity contribution in [2.24, 2.45) is 0 Å². The number of aryl methyl sites for hydroxylation is 2. The number of benzene rings is 2. The molecule has 3 unspecified atom stereocenters. The normalized spacial score (nSPS) is 13.7. The highest BCUT2D eigenvalue weighted by molar-refractivity contribution is 7.98. The first-order valence-corrected chi connectivity index (χ1v) is 14.5. The quantitative estimate of drug-likeness (QED) is 0.351. The van der Waals surface area contributed by atoms with Crippen molar-refractivity contribution in [1.82, 2.24) is 10.2 Å². The van der Waals surface area contributed by atoms with Crippen molar-refractivity contribution in [3.05, 3.63) is 65.2 Å². The first-order valence-electron chi connectivity index (χ1n) is 13.1. The first-order chi connectivity index (χ1) is 17.9. The van der Waals surface area contributed by atoms with Crippen LogP contribution < -0.4 is 10.6 Å². The van der Waals surface area contributed by atoms with Crippen molar-refractivity contribution in [2.75, 3.05) is 17.3 Å². The Morgan fingerprint density at radius 1 is 1.00 bits per heavy atom. The van der Waals surface area contributed by atoms with E-state index in [0.29, 0.717) is 24.2 Å². The summed E-state index contributed by atoms with van der Waals surface area (Å²) in [6.45, 7) is 13.1. The average Bonchev–Trinajstić information content (AvgIpc) is 2.85. The summed E-state index contributed by atoms with van der Waals surface area (Å²) in [5.74, 6) is 0.0402. The summed E-state index contributed by atoms with van der Waals surface area (Å²) < 4.78 is 5.46. The van der Waals surface area contributed by atoms with Crippen LogP contribution in [0.25, 0.3) is 0 Å². The van der Waals surface area contributed by atoms with Gasteiger partial charge in [-0.15, -0.1) is 0 Å². The third-order valence-corrected chi connectivity index (χ3v) is 6.93. The molecule has 208 valence electrons. The smallest absolute Gasteiger partial charge is 0.408 e. The minimum atomic E-state index is -0.894. The van der Waals surface area contributed by atoms with E-state index in [0.717, 1.165) is 16.8 Å². The maximum absolute atomic E-state index is 14.2. The lowest BCUT2D eigenvalue weighted by Crippen LogP contribution is -2.55. The second-order valence-corrected chi connectivity index (χ2v) is 11.5. The van der Waals surface area contributed by atoms with Crippen molar-refractivity contribution < 1.29 is 19.1 Å². The maximum Gasteiger partial charge on any atom is 0.408 e. The highest BCUT2D eigenvalue weighted by Gasteiger charge is 2.38. The largest absolute Gasteiger partial charge is 0.444 e. The van der Waals surface area contributed by atoms with Crippen molar-refractivity contribution in [1.29, 1.82) is 0 Å². The standard InChI is InChI=1S/C30H43N3O4S/c1-9-22(4)33(28(35)24(18-19-38-8)31-29(36)37-30(5,6)7)26(23-16-11-10-12-17-23)27(34)32-25-20(2)14-13-15-21(25)3/h10-17,22,24,26H,9,18-19H2,1-8H3,(H,31,36)(H,32,34). The number of ether oxygens (including phenoxy) is 1. The Hall–Kier alpha value is -3.00. The molecule has 0 aliphatic heterocycles. The van der Waals surface area contributed by atoms with Gasteiger partial charge >= 0.3 is 6.09 Å². The number of thioether (sulfide) groups is 1. The summed E-state index contributed by atoms with van der Waals surface area (Å²) in [6, 6.07) is 13.1. The highest BCUT2D eigenvalue weighted by Crippen LogP contribution is 2.29. The van der Waals surface area contributed by atoms with Crippen LogP contribution >= 0.6 is 11.8 Å². The van der Waals surface area contributed by atoms with Crippen LogP contribution in [-0.2, 0) is 14.3 Å². The summed E-state index contributed by atoms with van der Waals surface area (Å²) >= 11 is 1.59. The van der Waals surface area contributed by atoms with Crippen LogP contribution in [0.1, 0.15) is 70.2 Å². The van der Waals surface area contributed by atoms with E-state index >= 15 is 0 Å². The number of para-hydroxylation sites is 1. The fourth-order valence-electron chi connectivity index (χ4n) is 4.20. The number of nitrogens with one attached hydrogen (secondary N) is 2. The molecular formula is C30H43N3O4S. The molecule has 2 aromatic rings. The molecule has 0 aliphatic carbocycles. The third kappa shape index (κ3) is 8.79. The molecule has 3 atom stereocenters. The van der Waals surface area contributed by atoms with Gasteiger partial charge in [0.05, 0.1) is 0 Å². The van der Waals surface area contributed by atoms with Gasteiger partial charge in [0, 0.05) is 11.7 Å². The van der Waals surface area contributed by atoms with E-state index in [1.165, 1.54) is 0 Å². The monoisotopic (exact) mass is 541 g/mol. The molecule has 3 amide bonds. The summed E-state index contributed by atoms with van der Waals surface area (Å²) in [7, 11) is 0. The van der Waals surface area contributed by atoms with E-state index in [-0.39, 0.29) is 17.9 Å². The number of amides is 3. The van der Waals surface area contributed by atoms with E-state index in [1.54, 1.807) is 37.4 Å². The van der Waals surface area contributed by atoms with Gasteiger partial charge in [-0.2, -0.15) is 11.8 Å². The van der Waals surface area contributed by atoms with Gasteiger partial charge in [0.2, 0.25) is 5.91 Å². The summed E-state index contributed by atoms with van der Waals surface area (Å²) in [5.41, 5.74) is 2.62. The van der Waals surface area contributed by atoms with Crippen LogP contribution in [0, 0.1) is 13.8 Å². The second kappa shape index (κ2) is 14.2. The Labute approximate surface area is 232 Å². The van der Waals surface area contributed by atoms with Crippen LogP contribution in [0.2, 0.25) is 0 Å². The predicted octanol–water partition coefficient (Wildman–Crippen LogP) is 6.26. The lowest BCUT2D eigenvalue weighted by atomic mass is 9.99. The van der Waals surface area contributed by atoms with Crippen LogP contribution in [0.15, 0.2) is 48.5 Å². The number of carbonyl (C=O) groups excluding carboxylic acids is 3. The fraction of sp³-hybridized carbons (Fsp3) is 0.500. The SMILES string of the molecule is CCC(C)N(C(=O)C(CCSC)NC(=O)OC(C)(C)C)C(C(=O)Nc1c(C)cccc1C)c1ccccc1. The molecule has 2 aromatic carbocycles. The molecule has 2 rings (SSSR count). The molecule has 0 bridgehead atoms. The molecule has 7 nitrogen and oxygen atoms in total. The molecule has 0 fully saturated rings. The Balaban J connectivity index is 2.54. The van der Waals surface area contributed by atoms with Crippen LogP contribution in [0.3, 0.4) is 0 Å². The summed E-state index contributed by atoms with van der Waals surface area (Å²) in [6.07, 6.45) is 2.34. The number of hydrogen-bond acceptors (Lipinski definition) is 5. The van der Waals surface area contributed by atoms with Crippen molar-refractivity contribution in [3.63, 3.8) is 0 Å². The van der Waals surface area contributed by atoms with Gasteiger partial charge in [-0.05, 0) is 83.1 Å². The summed E-state index contributed by atoms with van der Waals surface area (Å²) in [5, 5.41) is 5.88. The van der Waals surface area contributed by atoms with Gasteiger partial charge in [0.15, 0.2) is 0 Å². The Morgan fingerprint density at radius 2 is 1.61 bits per heavy atom.